The smallest absolute Gasteiger partial charge is 0.164 e. The van der Waals surface area contributed by atoms with Gasteiger partial charge in [0.05, 0.1) is 4.88 Å². The van der Waals surface area contributed by atoms with Gasteiger partial charge in [-0.25, -0.2) is 0 Å². The molecule has 7 heteroatoms. The molecule has 1 rings (SSSR count). The lowest BCUT2D eigenvalue weighted by Crippen LogP contribution is -2.07. The van der Waals surface area contributed by atoms with Gasteiger partial charge in [-0.2, -0.15) is 13.2 Å². The van der Waals surface area contributed by atoms with Gasteiger partial charge in [-0.15, -0.1) is 5.10 Å². The van der Waals surface area contributed by atoms with E-state index in [1.807, 2.05) is 22.6 Å². The molecule has 0 unspecified atom stereocenters. The Morgan fingerprint density at radius 1 is 1.45 bits per heavy atom. The molecule has 0 spiro atoms. The fraction of sp³-hybridized carbons (Fsp3) is 0.500. The number of alkyl halides is 4. The first-order valence-electron chi connectivity index (χ1n) is 2.50. The van der Waals surface area contributed by atoms with Crippen LogP contribution in [0.1, 0.15) is 10.6 Å². The van der Waals surface area contributed by atoms with Gasteiger partial charge in [-0.1, -0.05) is 27.1 Å². The van der Waals surface area contributed by atoms with Crippen molar-refractivity contribution in [1.29, 1.82) is 0 Å². The van der Waals surface area contributed by atoms with Crippen molar-refractivity contribution in [3.8, 4) is 0 Å². The topological polar surface area (TPSA) is 25.8 Å². The van der Waals surface area contributed by atoms with Crippen LogP contribution in [0, 0.1) is 0 Å². The summed E-state index contributed by atoms with van der Waals surface area (Å²) in [4.78, 5) is 0.179. The molecule has 62 valence electrons. The molecule has 0 saturated carbocycles. The van der Waals surface area contributed by atoms with Crippen LogP contribution in [0.25, 0.3) is 0 Å². The number of aromatic nitrogens is 2. The molecule has 0 aliphatic rings. The summed E-state index contributed by atoms with van der Waals surface area (Å²) in [5.41, 5.74) is -0.850. The molecule has 0 amide bonds. The first-order chi connectivity index (χ1) is 5.05. The Labute approximate surface area is 78.1 Å². The monoisotopic (exact) mass is 294 g/mol. The third kappa shape index (κ3) is 2.01. The molecule has 0 fully saturated rings. The molecule has 0 saturated heterocycles. The van der Waals surface area contributed by atoms with Gasteiger partial charge >= 0.3 is 6.18 Å². The maximum Gasteiger partial charge on any atom is 0.436 e. The van der Waals surface area contributed by atoms with Gasteiger partial charge in [0.1, 0.15) is 0 Å². The van der Waals surface area contributed by atoms with Gasteiger partial charge in [-0.05, 0) is 11.5 Å². The Hall–Kier alpha value is 0.0800. The van der Waals surface area contributed by atoms with Crippen LogP contribution >= 0.6 is 34.1 Å². The number of rotatable bonds is 1. The lowest BCUT2D eigenvalue weighted by Gasteiger charge is -2.01. The highest BCUT2D eigenvalue weighted by Crippen LogP contribution is 2.32. The summed E-state index contributed by atoms with van der Waals surface area (Å²) in [5.74, 6) is 0. The molecule has 0 aromatic carbocycles. The second kappa shape index (κ2) is 3.21. The van der Waals surface area contributed by atoms with Crippen molar-refractivity contribution in [2.24, 2.45) is 0 Å². The largest absolute Gasteiger partial charge is 0.436 e. The van der Waals surface area contributed by atoms with Crippen molar-refractivity contribution < 1.29 is 13.2 Å². The van der Waals surface area contributed by atoms with Crippen LogP contribution < -0.4 is 0 Å². The Kier molecular flexibility index (Phi) is 2.68. The maximum absolute atomic E-state index is 12.0. The summed E-state index contributed by atoms with van der Waals surface area (Å²) in [6.45, 7) is 0. The van der Waals surface area contributed by atoms with E-state index in [9.17, 15) is 13.2 Å². The first kappa shape index (κ1) is 9.17. The quantitative estimate of drug-likeness (QED) is 0.587. The van der Waals surface area contributed by atoms with Crippen LogP contribution in [0.2, 0.25) is 0 Å². The predicted molar refractivity (Wildman–Crippen MR) is 42.6 cm³/mol. The molecule has 1 aromatic rings. The van der Waals surface area contributed by atoms with Gasteiger partial charge in [0.25, 0.3) is 0 Å². The number of hydrogen-bond acceptors (Lipinski definition) is 3. The standard InChI is InChI=1S/C4H2F3IN2S/c5-4(6,7)3-2(1-8)11-10-9-3/h1H2. The van der Waals surface area contributed by atoms with Crippen molar-refractivity contribution in [1.82, 2.24) is 9.59 Å². The molecular weight excluding hydrogens is 292 g/mol. The Morgan fingerprint density at radius 3 is 2.45 bits per heavy atom. The minimum atomic E-state index is -4.35. The molecule has 1 aromatic heterocycles. The fourth-order valence-corrected chi connectivity index (χ4v) is 1.80. The van der Waals surface area contributed by atoms with Crippen LogP contribution in [0.15, 0.2) is 0 Å². The van der Waals surface area contributed by atoms with Crippen molar-refractivity contribution in [2.45, 2.75) is 10.6 Å². The van der Waals surface area contributed by atoms with Crippen LogP contribution in [0.5, 0.6) is 0 Å². The third-order valence-electron chi connectivity index (χ3n) is 0.946. The van der Waals surface area contributed by atoms with Gasteiger partial charge < -0.3 is 0 Å². The van der Waals surface area contributed by atoms with Crippen molar-refractivity contribution in [3.05, 3.63) is 10.6 Å². The van der Waals surface area contributed by atoms with E-state index in [2.05, 4.69) is 9.59 Å². The lowest BCUT2D eigenvalue weighted by atomic mass is 10.4. The molecule has 1 heterocycles. The first-order valence-corrected chi connectivity index (χ1v) is 4.80. The van der Waals surface area contributed by atoms with Gasteiger partial charge in [0.15, 0.2) is 5.69 Å². The number of nitrogens with zero attached hydrogens (tertiary/aromatic N) is 2. The second-order valence-electron chi connectivity index (χ2n) is 1.68. The van der Waals surface area contributed by atoms with Crippen LogP contribution in [0.3, 0.4) is 0 Å². The summed E-state index contributed by atoms with van der Waals surface area (Å²) in [6, 6.07) is 0. The number of halogens is 4. The molecule has 0 N–H and O–H groups in total. The summed E-state index contributed by atoms with van der Waals surface area (Å²) in [6.07, 6.45) is -4.35. The Bertz CT molecular complexity index is 246. The average Bonchev–Trinajstić information content (AvgIpc) is 2.31. The van der Waals surface area contributed by atoms with Crippen LogP contribution in [-0.2, 0) is 10.6 Å². The average molecular weight is 294 g/mol. The van der Waals surface area contributed by atoms with E-state index >= 15 is 0 Å². The Morgan fingerprint density at radius 2 is 2.09 bits per heavy atom. The molecule has 0 aliphatic heterocycles. The van der Waals surface area contributed by atoms with Gasteiger partial charge in [0.2, 0.25) is 0 Å². The SMILES string of the molecule is FC(F)(F)c1nnsc1CI. The highest BCUT2D eigenvalue weighted by molar-refractivity contribution is 14.1. The summed E-state index contributed by atoms with van der Waals surface area (Å²) in [5, 5.41) is 3.00. The zero-order valence-corrected chi connectivity index (χ0v) is 8.00. The van der Waals surface area contributed by atoms with E-state index in [1.165, 1.54) is 0 Å². The molecule has 11 heavy (non-hydrogen) atoms. The highest BCUT2D eigenvalue weighted by Gasteiger charge is 2.36. The van der Waals surface area contributed by atoms with Crippen molar-refractivity contribution >= 4 is 34.1 Å². The fourth-order valence-electron chi connectivity index (χ4n) is 0.512. The summed E-state index contributed by atoms with van der Waals surface area (Å²) < 4.78 is 39.4. The summed E-state index contributed by atoms with van der Waals surface area (Å²) in [7, 11) is 0. The van der Waals surface area contributed by atoms with E-state index in [0.29, 0.717) is 4.43 Å². The minimum absolute atomic E-state index is 0.179. The van der Waals surface area contributed by atoms with E-state index in [4.69, 9.17) is 0 Å². The van der Waals surface area contributed by atoms with Crippen LogP contribution in [0.4, 0.5) is 13.2 Å². The molecule has 0 bridgehead atoms. The predicted octanol–water partition coefficient (Wildman–Crippen LogP) is 2.49. The van der Waals surface area contributed by atoms with E-state index in [-0.39, 0.29) is 4.88 Å². The Balaban J connectivity index is 3.02. The zero-order valence-electron chi connectivity index (χ0n) is 5.02. The van der Waals surface area contributed by atoms with Crippen LogP contribution in [-0.4, -0.2) is 9.59 Å². The maximum atomic E-state index is 12.0. The van der Waals surface area contributed by atoms with E-state index in [1.54, 1.807) is 0 Å². The molecule has 0 atom stereocenters. The minimum Gasteiger partial charge on any atom is -0.164 e. The van der Waals surface area contributed by atoms with Crippen molar-refractivity contribution in [2.75, 3.05) is 0 Å². The van der Waals surface area contributed by atoms with Gasteiger partial charge in [-0.3, -0.25) is 0 Å². The molecule has 0 radical (unpaired) electrons. The normalized spacial score (nSPS) is 12.0. The molecule has 2 nitrogen and oxygen atoms in total. The van der Waals surface area contributed by atoms with E-state index in [0.717, 1.165) is 11.5 Å². The second-order valence-corrected chi connectivity index (χ2v) is 3.28. The lowest BCUT2D eigenvalue weighted by molar-refractivity contribution is -0.141. The highest BCUT2D eigenvalue weighted by atomic mass is 127. The molecule has 0 aliphatic carbocycles. The summed E-state index contributed by atoms with van der Waals surface area (Å²) >= 11 is 2.63. The third-order valence-corrected chi connectivity index (χ3v) is 2.95. The van der Waals surface area contributed by atoms with E-state index < -0.39 is 11.9 Å². The number of hydrogen-bond donors (Lipinski definition) is 0. The molecular formula is C4H2F3IN2S. The van der Waals surface area contributed by atoms with Gasteiger partial charge in [0, 0.05) is 4.43 Å². The zero-order chi connectivity index (χ0) is 8.48. The van der Waals surface area contributed by atoms with Crippen molar-refractivity contribution in [3.63, 3.8) is 0 Å².